The van der Waals surface area contributed by atoms with Crippen LogP contribution in [0.5, 0.6) is 0 Å². The third kappa shape index (κ3) is 3.02. The van der Waals surface area contributed by atoms with Crippen molar-refractivity contribution in [2.45, 2.75) is 47.1 Å². The molecule has 0 N–H and O–H groups in total. The lowest BCUT2D eigenvalue weighted by atomic mass is 9.88. The molecule has 0 heterocycles. The van der Waals surface area contributed by atoms with E-state index >= 15 is 0 Å². The number of hydrogen-bond acceptors (Lipinski definition) is 2. The van der Waals surface area contributed by atoms with Crippen LogP contribution in [0.2, 0.25) is 0 Å². The molecule has 0 atom stereocenters. The Morgan fingerprint density at radius 1 is 1.50 bits per heavy atom. The first-order valence-electron chi connectivity index (χ1n) is 5.04. The van der Waals surface area contributed by atoms with Crippen LogP contribution in [0.1, 0.15) is 41.0 Å². The maximum absolute atomic E-state index is 12.0. The van der Waals surface area contributed by atoms with E-state index in [0.717, 1.165) is 6.42 Å². The first-order chi connectivity index (χ1) is 6.36. The van der Waals surface area contributed by atoms with Crippen molar-refractivity contribution in [2.24, 2.45) is 5.41 Å². The monoisotopic (exact) mass is 196 g/mol. The van der Waals surface area contributed by atoms with E-state index in [9.17, 15) is 4.79 Å². The van der Waals surface area contributed by atoms with Gasteiger partial charge in [0.1, 0.15) is 6.54 Å². The van der Waals surface area contributed by atoms with Crippen LogP contribution in [0.4, 0.5) is 0 Å². The first kappa shape index (κ1) is 13.0. The largest absolute Gasteiger partial charge is 0.326 e. The number of hydrogen-bond donors (Lipinski definition) is 0. The van der Waals surface area contributed by atoms with E-state index in [0.29, 0.717) is 0 Å². The van der Waals surface area contributed by atoms with E-state index in [4.69, 9.17) is 5.26 Å². The van der Waals surface area contributed by atoms with Crippen LogP contribution in [0, 0.1) is 16.7 Å². The molecular weight excluding hydrogens is 176 g/mol. The number of carbonyl (C=O) groups excluding carboxylic acids is 1. The predicted octanol–water partition coefficient (Wildman–Crippen LogP) is 2.18. The Labute approximate surface area is 86.7 Å². The normalized spacial score (nSPS) is 11.2. The van der Waals surface area contributed by atoms with E-state index < -0.39 is 0 Å². The fraction of sp³-hybridized carbons (Fsp3) is 0.818. The Morgan fingerprint density at radius 2 is 2.00 bits per heavy atom. The van der Waals surface area contributed by atoms with Gasteiger partial charge < -0.3 is 4.90 Å². The van der Waals surface area contributed by atoms with Crippen LogP contribution >= 0.6 is 0 Å². The van der Waals surface area contributed by atoms with Crippen LogP contribution in [0.15, 0.2) is 0 Å². The quantitative estimate of drug-likeness (QED) is 0.647. The minimum Gasteiger partial charge on any atom is -0.326 e. The maximum Gasteiger partial charge on any atom is 0.229 e. The molecule has 3 heteroatoms. The summed E-state index contributed by atoms with van der Waals surface area (Å²) in [4.78, 5) is 13.6. The van der Waals surface area contributed by atoms with E-state index in [2.05, 4.69) is 0 Å². The zero-order chi connectivity index (χ0) is 11.4. The van der Waals surface area contributed by atoms with Crippen molar-refractivity contribution in [2.75, 3.05) is 6.54 Å². The maximum atomic E-state index is 12.0. The summed E-state index contributed by atoms with van der Waals surface area (Å²) in [6, 6.07) is 2.12. The van der Waals surface area contributed by atoms with Gasteiger partial charge in [-0.25, -0.2) is 0 Å². The molecule has 0 fully saturated rings. The Bertz CT molecular complexity index is 238. The summed E-state index contributed by atoms with van der Waals surface area (Å²) >= 11 is 0. The van der Waals surface area contributed by atoms with Crippen molar-refractivity contribution in [3.8, 4) is 6.07 Å². The second-order valence-electron chi connectivity index (χ2n) is 4.42. The molecule has 0 bridgehead atoms. The molecule has 1 amide bonds. The zero-order valence-electron chi connectivity index (χ0n) is 9.79. The van der Waals surface area contributed by atoms with Gasteiger partial charge in [-0.15, -0.1) is 0 Å². The van der Waals surface area contributed by atoms with E-state index in [-0.39, 0.29) is 23.9 Å². The predicted molar refractivity (Wildman–Crippen MR) is 56.5 cm³/mol. The van der Waals surface area contributed by atoms with Crippen LogP contribution in [-0.4, -0.2) is 23.4 Å². The fourth-order valence-corrected chi connectivity index (χ4v) is 1.11. The van der Waals surface area contributed by atoms with Crippen LogP contribution < -0.4 is 0 Å². The Hall–Kier alpha value is -1.04. The molecule has 14 heavy (non-hydrogen) atoms. The second kappa shape index (κ2) is 4.99. The fourth-order valence-electron chi connectivity index (χ4n) is 1.11. The van der Waals surface area contributed by atoms with E-state index in [1.54, 1.807) is 4.90 Å². The standard InChI is InChI=1S/C11H20N2O/c1-6-11(4,5)10(14)13(8-7-12)9(2)3/h9H,6,8H2,1-5H3. The number of nitrogens with zero attached hydrogens (tertiary/aromatic N) is 2. The van der Waals surface area contributed by atoms with Crippen molar-refractivity contribution in [3.05, 3.63) is 0 Å². The molecule has 0 aromatic carbocycles. The highest BCUT2D eigenvalue weighted by molar-refractivity contribution is 5.82. The molecule has 0 saturated carbocycles. The summed E-state index contributed by atoms with van der Waals surface area (Å²) < 4.78 is 0. The summed E-state index contributed by atoms with van der Waals surface area (Å²) in [5.74, 6) is 0.0663. The van der Waals surface area contributed by atoms with Gasteiger partial charge in [-0.2, -0.15) is 5.26 Å². The van der Waals surface area contributed by atoms with Crippen molar-refractivity contribution in [1.29, 1.82) is 5.26 Å². The van der Waals surface area contributed by atoms with Crippen molar-refractivity contribution in [1.82, 2.24) is 4.90 Å². The minimum atomic E-state index is -0.360. The highest BCUT2D eigenvalue weighted by Gasteiger charge is 2.31. The van der Waals surface area contributed by atoms with E-state index in [1.807, 2.05) is 40.7 Å². The van der Waals surface area contributed by atoms with Crippen LogP contribution in [0.25, 0.3) is 0 Å². The number of nitriles is 1. The molecule has 0 aliphatic heterocycles. The van der Waals surface area contributed by atoms with Crippen LogP contribution in [0.3, 0.4) is 0 Å². The van der Waals surface area contributed by atoms with E-state index in [1.165, 1.54) is 0 Å². The molecule has 0 rings (SSSR count). The minimum absolute atomic E-state index is 0.0663. The van der Waals surface area contributed by atoms with Crippen LogP contribution in [-0.2, 0) is 4.79 Å². The smallest absolute Gasteiger partial charge is 0.229 e. The molecule has 0 unspecified atom stereocenters. The summed E-state index contributed by atoms with van der Waals surface area (Å²) in [6.07, 6.45) is 0.792. The van der Waals surface area contributed by atoms with Crippen molar-refractivity contribution >= 4 is 5.91 Å². The Balaban J connectivity index is 4.70. The molecule has 0 saturated heterocycles. The van der Waals surface area contributed by atoms with Gasteiger partial charge in [-0.1, -0.05) is 20.8 Å². The SMILES string of the molecule is CCC(C)(C)C(=O)N(CC#N)C(C)C. The average molecular weight is 196 g/mol. The molecule has 0 aromatic heterocycles. The number of amides is 1. The topological polar surface area (TPSA) is 44.1 Å². The van der Waals surface area contributed by atoms with Gasteiger partial charge in [0.15, 0.2) is 0 Å². The van der Waals surface area contributed by atoms with Gasteiger partial charge in [-0.05, 0) is 20.3 Å². The highest BCUT2D eigenvalue weighted by atomic mass is 16.2. The van der Waals surface area contributed by atoms with Gasteiger partial charge in [0, 0.05) is 11.5 Å². The average Bonchev–Trinajstić information content (AvgIpc) is 2.12. The molecule has 0 aromatic rings. The van der Waals surface area contributed by atoms with Gasteiger partial charge >= 0.3 is 0 Å². The van der Waals surface area contributed by atoms with Gasteiger partial charge in [0.05, 0.1) is 6.07 Å². The Kier molecular flexibility index (Phi) is 4.62. The van der Waals surface area contributed by atoms with Gasteiger partial charge in [0.2, 0.25) is 5.91 Å². The molecule has 0 aliphatic rings. The molecule has 0 spiro atoms. The second-order valence-corrected chi connectivity index (χ2v) is 4.42. The first-order valence-corrected chi connectivity index (χ1v) is 5.04. The zero-order valence-corrected chi connectivity index (χ0v) is 9.79. The van der Waals surface area contributed by atoms with Crippen molar-refractivity contribution < 1.29 is 4.79 Å². The summed E-state index contributed by atoms with van der Waals surface area (Å²) in [6.45, 7) is 9.87. The number of rotatable bonds is 4. The molecule has 0 radical (unpaired) electrons. The molecule has 0 aliphatic carbocycles. The summed E-state index contributed by atoms with van der Waals surface area (Å²) in [7, 11) is 0. The summed E-state index contributed by atoms with van der Waals surface area (Å²) in [5.41, 5.74) is -0.360. The van der Waals surface area contributed by atoms with Gasteiger partial charge in [-0.3, -0.25) is 4.79 Å². The molecular formula is C11H20N2O. The lowest BCUT2D eigenvalue weighted by molar-refractivity contribution is -0.141. The third-order valence-corrected chi connectivity index (χ3v) is 2.59. The number of carbonyl (C=O) groups is 1. The van der Waals surface area contributed by atoms with Gasteiger partial charge in [0.25, 0.3) is 0 Å². The molecule has 80 valence electrons. The summed E-state index contributed by atoms with van der Waals surface area (Å²) in [5, 5.41) is 8.63. The lowest BCUT2D eigenvalue weighted by Crippen LogP contribution is -2.44. The highest BCUT2D eigenvalue weighted by Crippen LogP contribution is 2.23. The molecule has 3 nitrogen and oxygen atoms in total. The Morgan fingerprint density at radius 3 is 2.29 bits per heavy atom. The third-order valence-electron chi connectivity index (χ3n) is 2.59. The lowest BCUT2D eigenvalue weighted by Gasteiger charge is -2.32. The van der Waals surface area contributed by atoms with Crippen molar-refractivity contribution in [3.63, 3.8) is 0 Å².